The molecule has 38 heavy (non-hydrogen) atoms. The van der Waals surface area contributed by atoms with Crippen LogP contribution in [-0.2, 0) is 23.4 Å². The number of fused-ring (bicyclic) bond motifs is 1. The first-order chi connectivity index (χ1) is 18.1. The number of hydrogen-bond acceptors (Lipinski definition) is 9. The van der Waals surface area contributed by atoms with Crippen LogP contribution in [0.25, 0.3) is 10.8 Å². The Morgan fingerprint density at radius 3 is 2.79 bits per heavy atom. The molecule has 0 aliphatic carbocycles. The van der Waals surface area contributed by atoms with Crippen molar-refractivity contribution >= 4 is 24.5 Å². The van der Waals surface area contributed by atoms with Gasteiger partial charge in [0, 0.05) is 11.8 Å². The van der Waals surface area contributed by atoms with Crippen molar-refractivity contribution in [3.05, 3.63) is 75.3 Å². The molecule has 5 atom stereocenters. The Kier molecular flexibility index (Phi) is 8.44. The summed E-state index contributed by atoms with van der Waals surface area (Å²) in [6.45, 7) is 2.67. The van der Waals surface area contributed by atoms with Gasteiger partial charge in [-0.25, -0.2) is 9.36 Å². The lowest BCUT2D eigenvalue weighted by atomic mass is 10.1. The zero-order valence-corrected chi connectivity index (χ0v) is 21.4. The van der Waals surface area contributed by atoms with Gasteiger partial charge in [0.25, 0.3) is 5.56 Å². The summed E-state index contributed by atoms with van der Waals surface area (Å²) in [6, 6.07) is 11.3. The number of carbonyl (C=O) groups excluding carboxylic acids is 1. The topological polar surface area (TPSA) is 158 Å². The summed E-state index contributed by atoms with van der Waals surface area (Å²) < 4.78 is 50.4. The second-order valence-corrected chi connectivity index (χ2v) is 10.2. The number of rotatable bonds is 10. The van der Waals surface area contributed by atoms with Crippen molar-refractivity contribution in [3.8, 4) is 5.75 Å². The van der Waals surface area contributed by atoms with Crippen LogP contribution in [0.4, 0.5) is 4.39 Å². The van der Waals surface area contributed by atoms with Gasteiger partial charge in [-0.2, -0.15) is 9.48 Å². The van der Waals surface area contributed by atoms with Gasteiger partial charge in [0.05, 0.1) is 25.5 Å². The number of benzene rings is 2. The molecule has 3 aromatic rings. The van der Waals surface area contributed by atoms with E-state index in [0.717, 1.165) is 9.95 Å². The molecule has 0 amide bonds. The zero-order valence-electron chi connectivity index (χ0n) is 20.5. The van der Waals surface area contributed by atoms with Gasteiger partial charge in [-0.1, -0.05) is 36.4 Å². The maximum atomic E-state index is 13.9. The second-order valence-electron chi connectivity index (χ2n) is 8.54. The van der Waals surface area contributed by atoms with Crippen molar-refractivity contribution in [3.63, 3.8) is 0 Å². The van der Waals surface area contributed by atoms with Gasteiger partial charge < -0.3 is 19.1 Å². The summed E-state index contributed by atoms with van der Waals surface area (Å²) in [5.41, 5.74) is -2.11. The fourth-order valence-corrected chi connectivity index (χ4v) is 5.46. The Morgan fingerprint density at radius 2 is 2.03 bits per heavy atom. The summed E-state index contributed by atoms with van der Waals surface area (Å²) in [6.07, 6.45) is -2.89. The molecule has 1 aliphatic rings. The van der Waals surface area contributed by atoms with Crippen LogP contribution < -0.4 is 20.9 Å². The molecule has 1 aromatic heterocycles. The first kappa shape index (κ1) is 27.7. The van der Waals surface area contributed by atoms with Crippen LogP contribution in [0.2, 0.25) is 0 Å². The number of aliphatic hydroxyl groups is 1. The number of aliphatic hydroxyl groups excluding tert-OH is 1. The summed E-state index contributed by atoms with van der Waals surface area (Å²) >= 11 is 0. The number of nitrogens with one attached hydrogen (secondary N) is 2. The van der Waals surface area contributed by atoms with E-state index in [9.17, 15) is 28.4 Å². The van der Waals surface area contributed by atoms with Crippen LogP contribution >= 0.6 is 7.75 Å². The van der Waals surface area contributed by atoms with E-state index in [1.54, 1.807) is 31.2 Å². The van der Waals surface area contributed by atoms with Crippen molar-refractivity contribution in [2.24, 2.45) is 0 Å². The molecule has 14 heteroatoms. The number of hydrogen-bond donors (Lipinski definition) is 3. The third kappa shape index (κ3) is 6.20. The molecular formula is C24H27FN3O9P. The molecule has 204 valence electrons. The van der Waals surface area contributed by atoms with Gasteiger partial charge in [-0.15, -0.1) is 0 Å². The largest absolute Gasteiger partial charge is 0.465 e. The van der Waals surface area contributed by atoms with E-state index < -0.39 is 61.9 Å². The molecular weight excluding hydrogens is 524 g/mol. The zero-order chi connectivity index (χ0) is 27.4. The van der Waals surface area contributed by atoms with Gasteiger partial charge in [-0.3, -0.25) is 23.7 Å². The van der Waals surface area contributed by atoms with Gasteiger partial charge in [-0.05, 0) is 25.3 Å². The number of nitrogens with zero attached hydrogens (tertiary/aromatic N) is 1. The van der Waals surface area contributed by atoms with Gasteiger partial charge in [0.2, 0.25) is 5.82 Å². The third-order valence-corrected chi connectivity index (χ3v) is 7.44. The average Bonchev–Trinajstić information content (AvgIpc) is 3.25. The van der Waals surface area contributed by atoms with Gasteiger partial charge in [0.15, 0.2) is 0 Å². The molecule has 12 nitrogen and oxygen atoms in total. The second kappa shape index (κ2) is 11.6. The van der Waals surface area contributed by atoms with Crippen molar-refractivity contribution in [1.29, 1.82) is 0 Å². The van der Waals surface area contributed by atoms with E-state index in [2.05, 4.69) is 5.09 Å². The van der Waals surface area contributed by atoms with Crippen LogP contribution in [0.15, 0.2) is 58.3 Å². The lowest BCUT2D eigenvalue weighted by Crippen LogP contribution is -2.36. The average molecular weight is 551 g/mol. The number of ether oxygens (including phenoxy) is 2. The maximum Gasteiger partial charge on any atom is 0.459 e. The molecule has 0 radical (unpaired) electrons. The standard InChI is InChI=1S/C24H27FN3O9P/c1-3-34-23(31)14(2)27-38(33,37-19-10-6-8-15-7-4-5-9-16(15)19)35-13-20-18(29)11-21(36-20)28-12-17(25)22(30)26-24(28)32/h4-10,12,14,18,20-21,29H,3,11,13H2,1-2H3,(H,27,33)(H,26,30,32)/t14-,18?,20+,21+,38?/m0/s1. The Balaban J connectivity index is 1.55. The molecule has 2 aromatic carbocycles. The van der Waals surface area contributed by atoms with E-state index in [1.807, 2.05) is 23.2 Å². The molecule has 2 heterocycles. The fourth-order valence-electron chi connectivity index (χ4n) is 3.93. The Bertz CT molecular complexity index is 1470. The predicted octanol–water partition coefficient (Wildman–Crippen LogP) is 2.22. The number of H-pyrrole nitrogens is 1. The molecule has 2 unspecified atom stereocenters. The molecule has 4 rings (SSSR count). The highest BCUT2D eigenvalue weighted by molar-refractivity contribution is 7.52. The molecule has 1 fully saturated rings. The van der Waals surface area contributed by atoms with Crippen LogP contribution in [0, 0.1) is 5.82 Å². The Labute approximate surface area is 215 Å². The van der Waals surface area contributed by atoms with Crippen LogP contribution in [0.3, 0.4) is 0 Å². The number of aromatic nitrogens is 2. The van der Waals surface area contributed by atoms with Crippen LogP contribution in [0.1, 0.15) is 26.5 Å². The van der Waals surface area contributed by atoms with E-state index in [-0.39, 0.29) is 18.8 Å². The van der Waals surface area contributed by atoms with Crippen molar-refractivity contribution in [2.45, 2.75) is 44.7 Å². The minimum absolute atomic E-state index is 0.106. The summed E-state index contributed by atoms with van der Waals surface area (Å²) in [7, 11) is -4.29. The minimum Gasteiger partial charge on any atom is -0.465 e. The predicted molar refractivity (Wildman–Crippen MR) is 133 cm³/mol. The normalized spacial score (nSPS) is 21.6. The number of carbonyl (C=O) groups is 1. The maximum absolute atomic E-state index is 13.9. The third-order valence-electron chi connectivity index (χ3n) is 5.81. The van der Waals surface area contributed by atoms with E-state index in [4.69, 9.17) is 18.5 Å². The van der Waals surface area contributed by atoms with Crippen molar-refractivity contribution in [2.75, 3.05) is 13.2 Å². The summed E-state index contributed by atoms with van der Waals surface area (Å²) in [5.74, 6) is -1.67. The highest BCUT2D eigenvalue weighted by atomic mass is 31.2. The fraction of sp³-hybridized carbons (Fsp3) is 0.375. The van der Waals surface area contributed by atoms with Crippen molar-refractivity contribution < 1.29 is 37.4 Å². The lowest BCUT2D eigenvalue weighted by Gasteiger charge is -2.25. The van der Waals surface area contributed by atoms with Gasteiger partial charge >= 0.3 is 19.4 Å². The van der Waals surface area contributed by atoms with E-state index in [1.165, 1.54) is 6.92 Å². The Hall–Kier alpha value is -3.35. The van der Waals surface area contributed by atoms with E-state index >= 15 is 0 Å². The first-order valence-electron chi connectivity index (χ1n) is 11.8. The number of esters is 1. The monoisotopic (exact) mass is 551 g/mol. The smallest absolute Gasteiger partial charge is 0.459 e. The highest BCUT2D eigenvalue weighted by Gasteiger charge is 2.39. The van der Waals surface area contributed by atoms with Crippen LogP contribution in [-0.4, -0.2) is 52.1 Å². The van der Waals surface area contributed by atoms with E-state index in [0.29, 0.717) is 11.6 Å². The first-order valence-corrected chi connectivity index (χ1v) is 13.4. The number of halogens is 1. The lowest BCUT2D eigenvalue weighted by molar-refractivity contribution is -0.144. The quantitative estimate of drug-likeness (QED) is 0.252. The molecule has 1 aliphatic heterocycles. The summed E-state index contributed by atoms with van der Waals surface area (Å²) in [4.78, 5) is 37.4. The van der Waals surface area contributed by atoms with Gasteiger partial charge in [0.1, 0.15) is 24.1 Å². The minimum atomic E-state index is -4.29. The van der Waals surface area contributed by atoms with Crippen LogP contribution in [0.5, 0.6) is 5.75 Å². The summed E-state index contributed by atoms with van der Waals surface area (Å²) in [5, 5.41) is 14.5. The SMILES string of the molecule is CCOC(=O)[C@H](C)NP(=O)(OC[C@H]1O[C@@H](n2cc(F)c(=O)[nH]c2=O)CC1O)Oc1cccc2ccccc12. The molecule has 3 N–H and O–H groups in total. The highest BCUT2D eigenvalue weighted by Crippen LogP contribution is 2.47. The molecule has 0 saturated carbocycles. The number of aromatic amines is 1. The Morgan fingerprint density at radius 1 is 1.29 bits per heavy atom. The molecule has 0 bridgehead atoms. The molecule has 1 saturated heterocycles. The van der Waals surface area contributed by atoms with Crippen molar-refractivity contribution in [1.82, 2.24) is 14.6 Å². The molecule has 0 spiro atoms.